The number of aromatic nitrogens is 1. The largest absolute Gasteiger partial charge is 0.472 e. The Bertz CT molecular complexity index is 448. The summed E-state index contributed by atoms with van der Waals surface area (Å²) >= 11 is 1.48. The number of anilines is 1. The minimum Gasteiger partial charge on any atom is -0.472 e. The van der Waals surface area contributed by atoms with Crippen LogP contribution in [0.3, 0.4) is 0 Å². The highest BCUT2D eigenvalue weighted by Gasteiger charge is 2.09. The number of amides is 1. The van der Waals surface area contributed by atoms with E-state index in [4.69, 9.17) is 4.42 Å². The topological polar surface area (TPSA) is 55.1 Å². The number of carbonyl (C=O) groups is 1. The SMILES string of the molecule is CCc1cnc(NC(=O)c2ccoc2)s1. The van der Waals surface area contributed by atoms with E-state index in [1.807, 2.05) is 0 Å². The fraction of sp³-hybridized carbons (Fsp3) is 0.200. The third-order valence-corrected chi connectivity index (χ3v) is 2.96. The molecule has 1 N–H and O–H groups in total. The van der Waals surface area contributed by atoms with Gasteiger partial charge in [0.15, 0.2) is 5.13 Å². The van der Waals surface area contributed by atoms with Crippen molar-refractivity contribution in [3.05, 3.63) is 35.2 Å². The highest BCUT2D eigenvalue weighted by molar-refractivity contribution is 7.15. The first-order chi connectivity index (χ1) is 7.29. The molecule has 2 rings (SSSR count). The Labute approximate surface area is 90.9 Å². The standard InChI is InChI=1S/C10H10N2O2S/c1-2-8-5-11-10(15-8)12-9(13)7-3-4-14-6-7/h3-6H,2H2,1H3,(H,11,12,13). The molecule has 2 aromatic heterocycles. The fourth-order valence-corrected chi connectivity index (χ4v) is 1.84. The van der Waals surface area contributed by atoms with E-state index in [1.165, 1.54) is 23.9 Å². The number of hydrogen-bond donors (Lipinski definition) is 1. The van der Waals surface area contributed by atoms with Gasteiger partial charge in [-0.2, -0.15) is 0 Å². The van der Waals surface area contributed by atoms with Gasteiger partial charge in [0.2, 0.25) is 0 Å². The third-order valence-electron chi connectivity index (χ3n) is 1.91. The Balaban J connectivity index is 2.06. The summed E-state index contributed by atoms with van der Waals surface area (Å²) in [5, 5.41) is 3.33. The summed E-state index contributed by atoms with van der Waals surface area (Å²) in [4.78, 5) is 16.8. The molecule has 0 unspecified atom stereocenters. The minimum atomic E-state index is -0.194. The van der Waals surface area contributed by atoms with Gasteiger partial charge in [0, 0.05) is 11.1 Å². The van der Waals surface area contributed by atoms with Crippen molar-refractivity contribution < 1.29 is 9.21 Å². The first kappa shape index (κ1) is 9.92. The highest BCUT2D eigenvalue weighted by Crippen LogP contribution is 2.19. The van der Waals surface area contributed by atoms with Gasteiger partial charge in [-0.1, -0.05) is 6.92 Å². The molecule has 0 fully saturated rings. The van der Waals surface area contributed by atoms with Crippen LogP contribution in [0.1, 0.15) is 22.2 Å². The second kappa shape index (κ2) is 4.27. The van der Waals surface area contributed by atoms with Crippen molar-refractivity contribution in [3.63, 3.8) is 0 Å². The molecule has 0 saturated carbocycles. The Hall–Kier alpha value is -1.62. The zero-order valence-electron chi connectivity index (χ0n) is 8.19. The Morgan fingerprint density at radius 3 is 3.13 bits per heavy atom. The monoisotopic (exact) mass is 222 g/mol. The average Bonchev–Trinajstić information content (AvgIpc) is 2.87. The quantitative estimate of drug-likeness (QED) is 0.868. The van der Waals surface area contributed by atoms with E-state index >= 15 is 0 Å². The normalized spacial score (nSPS) is 10.2. The van der Waals surface area contributed by atoms with Crippen molar-refractivity contribution in [1.29, 1.82) is 0 Å². The molecule has 0 spiro atoms. The minimum absolute atomic E-state index is 0.194. The Kier molecular flexibility index (Phi) is 2.82. The second-order valence-electron chi connectivity index (χ2n) is 2.95. The first-order valence-electron chi connectivity index (χ1n) is 4.58. The van der Waals surface area contributed by atoms with Gasteiger partial charge >= 0.3 is 0 Å². The molecule has 0 aliphatic heterocycles. The molecule has 4 nitrogen and oxygen atoms in total. The van der Waals surface area contributed by atoms with Gasteiger partial charge in [-0.05, 0) is 12.5 Å². The van der Waals surface area contributed by atoms with Crippen molar-refractivity contribution in [3.8, 4) is 0 Å². The predicted molar refractivity (Wildman–Crippen MR) is 58.2 cm³/mol. The number of nitrogens with one attached hydrogen (secondary N) is 1. The van der Waals surface area contributed by atoms with Crippen molar-refractivity contribution in [2.24, 2.45) is 0 Å². The van der Waals surface area contributed by atoms with E-state index in [2.05, 4.69) is 17.2 Å². The molecule has 0 saturated heterocycles. The molecule has 2 aromatic rings. The van der Waals surface area contributed by atoms with Gasteiger partial charge in [0.25, 0.3) is 5.91 Å². The van der Waals surface area contributed by atoms with Crippen LogP contribution in [0.2, 0.25) is 0 Å². The molecular weight excluding hydrogens is 212 g/mol. The van der Waals surface area contributed by atoms with Crippen LogP contribution < -0.4 is 5.32 Å². The van der Waals surface area contributed by atoms with Gasteiger partial charge in [0.1, 0.15) is 6.26 Å². The lowest BCUT2D eigenvalue weighted by atomic mass is 10.3. The lowest BCUT2D eigenvalue weighted by Crippen LogP contribution is -2.10. The van der Waals surface area contributed by atoms with Crippen LogP contribution in [-0.4, -0.2) is 10.9 Å². The summed E-state index contributed by atoms with van der Waals surface area (Å²) < 4.78 is 4.82. The van der Waals surface area contributed by atoms with E-state index in [1.54, 1.807) is 12.3 Å². The summed E-state index contributed by atoms with van der Waals surface area (Å²) in [6, 6.07) is 1.61. The number of thiazole rings is 1. The Morgan fingerprint density at radius 2 is 2.53 bits per heavy atom. The van der Waals surface area contributed by atoms with Gasteiger partial charge in [-0.25, -0.2) is 4.98 Å². The number of carbonyl (C=O) groups excluding carboxylic acids is 1. The smallest absolute Gasteiger partial charge is 0.260 e. The van der Waals surface area contributed by atoms with Crippen LogP contribution in [0.15, 0.2) is 29.2 Å². The molecule has 0 radical (unpaired) electrons. The summed E-state index contributed by atoms with van der Waals surface area (Å²) in [6.45, 7) is 2.05. The van der Waals surface area contributed by atoms with E-state index in [-0.39, 0.29) is 5.91 Å². The number of rotatable bonds is 3. The maximum Gasteiger partial charge on any atom is 0.260 e. The van der Waals surface area contributed by atoms with Crippen LogP contribution in [-0.2, 0) is 6.42 Å². The predicted octanol–water partition coefficient (Wildman–Crippen LogP) is 2.55. The van der Waals surface area contributed by atoms with Crippen LogP contribution in [0.4, 0.5) is 5.13 Å². The maximum atomic E-state index is 11.6. The summed E-state index contributed by atoms with van der Waals surface area (Å²) in [5.41, 5.74) is 0.503. The van der Waals surface area contributed by atoms with Crippen molar-refractivity contribution in [2.45, 2.75) is 13.3 Å². The molecule has 2 heterocycles. The lowest BCUT2D eigenvalue weighted by Gasteiger charge is -1.96. The van der Waals surface area contributed by atoms with Crippen molar-refractivity contribution in [1.82, 2.24) is 4.98 Å². The molecule has 5 heteroatoms. The van der Waals surface area contributed by atoms with Gasteiger partial charge in [-0.3, -0.25) is 10.1 Å². The molecule has 0 bridgehead atoms. The van der Waals surface area contributed by atoms with Crippen LogP contribution in [0, 0.1) is 0 Å². The molecule has 0 aromatic carbocycles. The zero-order valence-corrected chi connectivity index (χ0v) is 9.00. The molecule has 0 aliphatic carbocycles. The van der Waals surface area contributed by atoms with Crippen molar-refractivity contribution in [2.75, 3.05) is 5.32 Å². The fourth-order valence-electron chi connectivity index (χ4n) is 1.09. The van der Waals surface area contributed by atoms with E-state index in [0.717, 1.165) is 11.3 Å². The number of nitrogens with zero attached hydrogens (tertiary/aromatic N) is 1. The molecule has 78 valence electrons. The molecule has 0 aliphatic rings. The summed E-state index contributed by atoms with van der Waals surface area (Å²) in [7, 11) is 0. The van der Waals surface area contributed by atoms with Gasteiger partial charge in [-0.15, -0.1) is 11.3 Å². The molecular formula is C10H10N2O2S. The van der Waals surface area contributed by atoms with Gasteiger partial charge in [0.05, 0.1) is 11.8 Å². The average molecular weight is 222 g/mol. The van der Waals surface area contributed by atoms with Gasteiger partial charge < -0.3 is 4.42 Å². The molecule has 15 heavy (non-hydrogen) atoms. The van der Waals surface area contributed by atoms with E-state index in [9.17, 15) is 4.79 Å². The van der Waals surface area contributed by atoms with Crippen LogP contribution >= 0.6 is 11.3 Å². The van der Waals surface area contributed by atoms with E-state index in [0.29, 0.717) is 10.7 Å². The summed E-state index contributed by atoms with van der Waals surface area (Å²) in [6.07, 6.45) is 5.58. The zero-order chi connectivity index (χ0) is 10.7. The number of furan rings is 1. The maximum absolute atomic E-state index is 11.6. The second-order valence-corrected chi connectivity index (χ2v) is 4.07. The van der Waals surface area contributed by atoms with E-state index < -0.39 is 0 Å². The molecule has 0 atom stereocenters. The molecule has 1 amide bonds. The summed E-state index contributed by atoms with van der Waals surface area (Å²) in [5.74, 6) is -0.194. The lowest BCUT2D eigenvalue weighted by molar-refractivity contribution is 0.102. The number of aryl methyl sites for hydroxylation is 1. The highest BCUT2D eigenvalue weighted by atomic mass is 32.1. The third kappa shape index (κ3) is 2.24. The van der Waals surface area contributed by atoms with Crippen LogP contribution in [0.25, 0.3) is 0 Å². The first-order valence-corrected chi connectivity index (χ1v) is 5.39. The number of hydrogen-bond acceptors (Lipinski definition) is 4. The Morgan fingerprint density at radius 1 is 1.67 bits per heavy atom. The van der Waals surface area contributed by atoms with Crippen molar-refractivity contribution >= 4 is 22.4 Å². The van der Waals surface area contributed by atoms with Crippen LogP contribution in [0.5, 0.6) is 0 Å².